The minimum Gasteiger partial charge on any atom is 2.00 e. The maximum absolute atomic E-state index is 8.52. The second-order valence-electron chi connectivity index (χ2n) is 21.2. The fourth-order valence-electron chi connectivity index (χ4n) is 8.18. The largest absolute Gasteiger partial charge is 2.00 e. The van der Waals surface area contributed by atoms with E-state index in [2.05, 4.69) is 156 Å². The van der Waals surface area contributed by atoms with Crippen molar-refractivity contribution in [3.63, 3.8) is 0 Å². The van der Waals surface area contributed by atoms with Crippen molar-refractivity contribution in [3.05, 3.63) is 105 Å². The second-order valence-corrected chi connectivity index (χ2v) is 25.5. The quantitative estimate of drug-likeness (QED) is 0.123. The molecule has 0 fully saturated rings. The first-order valence-corrected chi connectivity index (χ1v) is 24.5. The number of ether oxygens (including phenoxy) is 1. The Kier molecular flexibility index (Phi) is 10.4. The van der Waals surface area contributed by atoms with E-state index < -0.39 is 13.7 Å². The van der Waals surface area contributed by atoms with E-state index in [4.69, 9.17) is 23.2 Å². The van der Waals surface area contributed by atoms with E-state index in [9.17, 15) is 0 Å². The van der Waals surface area contributed by atoms with Gasteiger partial charge in [0.25, 0.3) is 0 Å². The van der Waals surface area contributed by atoms with Gasteiger partial charge < -0.3 is 0 Å². The predicted molar refractivity (Wildman–Crippen MR) is 259 cm³/mol. The molecule has 0 unspecified atom stereocenters. The van der Waals surface area contributed by atoms with Crippen LogP contribution in [0.1, 0.15) is 136 Å². The summed E-state index contributed by atoms with van der Waals surface area (Å²) in [6.45, 7) is 25.6. The van der Waals surface area contributed by atoms with Gasteiger partial charge in [0, 0.05) is 0 Å². The van der Waals surface area contributed by atoms with Crippen LogP contribution in [-0.4, -0.2) is 49.4 Å². The Hall–Kier alpha value is -3.43. The molecule has 0 N–H and O–H groups in total. The van der Waals surface area contributed by atoms with Crippen molar-refractivity contribution < 1.29 is 34.0 Å². The summed E-state index contributed by atoms with van der Waals surface area (Å²) in [4.78, 5) is 0. The van der Waals surface area contributed by atoms with Crippen LogP contribution >= 0.6 is 0 Å². The minimum absolute atomic E-state index is 0. The van der Waals surface area contributed by atoms with Crippen LogP contribution in [-0.2, 0) is 44.7 Å². The molecule has 0 aliphatic carbocycles. The Morgan fingerprint density at radius 2 is 0.935 bits per heavy atom. The fraction of sp³-hybridized carbons (Fsp3) is 0.407. The molecule has 8 heteroatoms. The Bertz CT molecular complexity index is 3050. The van der Waals surface area contributed by atoms with Crippen LogP contribution in [0.5, 0.6) is 11.5 Å². The number of fused-ring (bicyclic) bond motifs is 6. The zero-order valence-electron chi connectivity index (χ0n) is 44.4. The minimum atomic E-state index is -2.46. The molecule has 0 radical (unpaired) electrons. The molecule has 0 spiro atoms. The van der Waals surface area contributed by atoms with Gasteiger partial charge in [0.1, 0.15) is 0 Å². The number of hydrogen-bond donors (Lipinski definition) is 0. The van der Waals surface area contributed by atoms with Crippen LogP contribution in [0, 0.1) is 50.5 Å². The van der Waals surface area contributed by atoms with Gasteiger partial charge >= 0.3 is 407 Å². The zero-order chi connectivity index (χ0) is 49.1. The first kappa shape index (κ1) is 39.0. The summed E-state index contributed by atoms with van der Waals surface area (Å²) in [5.41, 5.74) is 9.00. The van der Waals surface area contributed by atoms with Crippen molar-refractivity contribution in [2.75, 3.05) is 0 Å². The standard InChI is InChI=1S/C54H60N4OSe2.Pt/c1-29-33(27-51(5,6)7)17-19-41-43-31(3)55-57-45(49(43)60-47(29)41)35-21-37(53(11,12)13)25-39(23-35)59-40-24-36(22-38(26-40)54(14,15)16)46-50-44(32(4)56-58-46)42-20-18-34(28-52(8,9)10)30(2)48(42)61-50;/h17-22,25-26H,27-28H2,1-16H3;/q-2;+2/i3D3,4D3;. The SMILES string of the molecule is [2H]C([2H])([2H])c1nnc(-c2[c-]c(Oc3[c-]c(-c4nnc(C([2H])([2H])[2H])c5c4[se]c4c(C)c(CC(C)(C)C)ccc45)cc(C(C)(C)C)c3)cc(C(C)(C)C)c2)c2[se]c3c(C)c(CC(C)(C)C)ccc3c12.[Pt+2]. The fourth-order valence-corrected chi connectivity index (χ4v) is 13.7. The third-order valence-corrected chi connectivity index (χ3v) is 17.0. The van der Waals surface area contributed by atoms with Gasteiger partial charge in [-0.15, -0.1) is 0 Å². The summed E-state index contributed by atoms with van der Waals surface area (Å²) in [6, 6.07) is 23.7. The van der Waals surface area contributed by atoms with Gasteiger partial charge in [0.05, 0.1) is 0 Å². The van der Waals surface area contributed by atoms with Gasteiger partial charge in [0.2, 0.25) is 0 Å². The van der Waals surface area contributed by atoms with Gasteiger partial charge in [-0.1, -0.05) is 0 Å². The maximum Gasteiger partial charge on any atom is 2.00 e. The summed E-state index contributed by atoms with van der Waals surface area (Å²) in [7, 11) is 0. The summed E-state index contributed by atoms with van der Waals surface area (Å²) in [5, 5.41) is 21.5. The second kappa shape index (κ2) is 16.5. The molecule has 0 aliphatic rings. The van der Waals surface area contributed by atoms with Gasteiger partial charge in [-0.3, -0.25) is 0 Å². The maximum atomic E-state index is 8.52. The number of benzene rings is 4. The Morgan fingerprint density at radius 1 is 0.548 bits per heavy atom. The molecule has 8 aromatic rings. The Labute approximate surface area is 404 Å². The van der Waals surface area contributed by atoms with E-state index in [1.165, 1.54) is 30.8 Å². The van der Waals surface area contributed by atoms with Crippen molar-refractivity contribution in [2.24, 2.45) is 10.8 Å². The normalized spacial score (nSPS) is 14.7. The molecule has 4 heterocycles. The number of aryl methyl sites for hydroxylation is 4. The molecule has 8 rings (SSSR count). The van der Waals surface area contributed by atoms with Crippen LogP contribution < -0.4 is 4.74 Å². The van der Waals surface area contributed by atoms with Crippen LogP contribution in [0.25, 0.3) is 61.1 Å². The van der Waals surface area contributed by atoms with Crippen molar-refractivity contribution in [2.45, 2.75) is 134 Å². The molecule has 4 aromatic heterocycles. The summed E-state index contributed by atoms with van der Waals surface area (Å²) < 4.78 is 62.1. The van der Waals surface area contributed by atoms with Gasteiger partial charge in [-0.2, -0.15) is 0 Å². The molecule has 0 bridgehead atoms. The smallest absolute Gasteiger partial charge is 2.00 e. The molecule has 0 amide bonds. The van der Waals surface area contributed by atoms with Crippen LogP contribution in [0.2, 0.25) is 0 Å². The van der Waals surface area contributed by atoms with Gasteiger partial charge in [-0.25, -0.2) is 0 Å². The molecule has 4 aromatic carbocycles. The monoisotopic (exact) mass is 1140 g/mol. The van der Waals surface area contributed by atoms with Gasteiger partial charge in [-0.05, 0) is 0 Å². The molecule has 0 saturated heterocycles. The Morgan fingerprint density at radius 3 is 1.27 bits per heavy atom. The average Bonchev–Trinajstić information content (AvgIpc) is 3.77. The molecular weight excluding hydrogens is 1070 g/mol. The topological polar surface area (TPSA) is 60.8 Å². The van der Waals surface area contributed by atoms with Crippen LogP contribution in [0.15, 0.2) is 48.5 Å². The van der Waals surface area contributed by atoms with E-state index in [0.717, 1.165) is 43.3 Å². The average molecular weight is 1140 g/mol. The van der Waals surface area contributed by atoms with Gasteiger partial charge in [0.15, 0.2) is 0 Å². The van der Waals surface area contributed by atoms with Crippen LogP contribution in [0.3, 0.4) is 0 Å². The van der Waals surface area contributed by atoms with E-state index >= 15 is 0 Å². The van der Waals surface area contributed by atoms with Crippen LogP contribution in [0.4, 0.5) is 0 Å². The number of aromatic nitrogens is 4. The molecule has 324 valence electrons. The predicted octanol–water partition coefficient (Wildman–Crippen LogP) is 13.7. The first-order valence-electron chi connectivity index (χ1n) is 24.1. The summed E-state index contributed by atoms with van der Waals surface area (Å²) >= 11 is -0.511. The van der Waals surface area contributed by atoms with Crippen molar-refractivity contribution in [1.29, 1.82) is 0 Å². The van der Waals surface area contributed by atoms with E-state index in [1.54, 1.807) is 0 Å². The summed E-state index contributed by atoms with van der Waals surface area (Å²) in [5.74, 6) is 0.899. The van der Waals surface area contributed by atoms with Crippen molar-refractivity contribution in [1.82, 2.24) is 20.4 Å². The molecular formula is C54H60N4OPtSe2. The molecule has 62 heavy (non-hydrogen) atoms. The third kappa shape index (κ3) is 9.10. The molecule has 0 saturated carbocycles. The van der Waals surface area contributed by atoms with E-state index in [1.807, 2.05) is 12.1 Å². The Balaban J connectivity index is 0.00000684. The number of rotatable bonds is 6. The summed E-state index contributed by atoms with van der Waals surface area (Å²) in [6.07, 6.45) is 1.81. The number of hydrogen-bond acceptors (Lipinski definition) is 5. The third-order valence-electron chi connectivity index (χ3n) is 11.4. The molecule has 0 aliphatic heterocycles. The van der Waals surface area contributed by atoms with Crippen molar-refractivity contribution in [3.8, 4) is 34.0 Å². The first-order chi connectivity index (χ1) is 30.8. The zero-order valence-corrected chi connectivity index (χ0v) is 44.1. The molecule has 5 nitrogen and oxygen atoms in total. The number of nitrogens with zero attached hydrogens (tertiary/aromatic N) is 4. The van der Waals surface area contributed by atoms with E-state index in [0.29, 0.717) is 44.8 Å². The van der Waals surface area contributed by atoms with Crippen molar-refractivity contribution >= 4 is 67.6 Å². The molecule has 0 atom stereocenters. The van der Waals surface area contributed by atoms with E-state index in [-0.39, 0.29) is 83.1 Å².